The topological polar surface area (TPSA) is 89.9 Å². The highest BCUT2D eigenvalue weighted by Gasteiger charge is 2.49. The van der Waals surface area contributed by atoms with E-state index in [0.717, 1.165) is 30.8 Å². The zero-order valence-corrected chi connectivity index (χ0v) is 10.2. The van der Waals surface area contributed by atoms with Crippen LogP contribution in [0.15, 0.2) is 0 Å². The standard InChI is InChI=1S/C10H16N2O4.ClH/c13-8(14)7-5-10(1-3-11-4-2-10)6-12(7)9(15)16;/h7,11H,1-6H2,(H,13,14)(H,15,16);1H/t7-;/m0./s1. The number of carbonyl (C=O) groups is 2. The Bertz CT molecular complexity index is 293. The predicted octanol–water partition coefficient (Wildman–Crippen LogP) is 0.615. The van der Waals surface area contributed by atoms with E-state index in [1.54, 1.807) is 0 Å². The zero-order valence-electron chi connectivity index (χ0n) is 9.39. The van der Waals surface area contributed by atoms with Crippen LogP contribution in [0.3, 0.4) is 0 Å². The van der Waals surface area contributed by atoms with Crippen molar-refractivity contribution >= 4 is 24.5 Å². The molecule has 0 aromatic heterocycles. The van der Waals surface area contributed by atoms with Crippen LogP contribution in [0.1, 0.15) is 19.3 Å². The molecule has 0 unspecified atom stereocenters. The van der Waals surface area contributed by atoms with E-state index < -0.39 is 18.1 Å². The number of nitrogens with one attached hydrogen (secondary N) is 1. The molecule has 2 fully saturated rings. The average Bonchev–Trinajstić information content (AvgIpc) is 2.59. The van der Waals surface area contributed by atoms with Gasteiger partial charge in [0.2, 0.25) is 0 Å². The maximum absolute atomic E-state index is 11.0. The van der Waals surface area contributed by atoms with Crippen molar-refractivity contribution in [1.29, 1.82) is 0 Å². The summed E-state index contributed by atoms with van der Waals surface area (Å²) in [6, 6.07) is -0.865. The highest BCUT2D eigenvalue weighted by Crippen LogP contribution is 2.41. The van der Waals surface area contributed by atoms with Gasteiger partial charge >= 0.3 is 12.1 Å². The number of carboxylic acids is 1. The van der Waals surface area contributed by atoms with Gasteiger partial charge in [-0.1, -0.05) is 0 Å². The molecule has 0 radical (unpaired) electrons. The van der Waals surface area contributed by atoms with Gasteiger partial charge in [0, 0.05) is 6.54 Å². The molecule has 0 aliphatic carbocycles. The first-order valence-electron chi connectivity index (χ1n) is 5.47. The van der Waals surface area contributed by atoms with Gasteiger partial charge in [0.05, 0.1) is 0 Å². The van der Waals surface area contributed by atoms with E-state index in [2.05, 4.69) is 5.32 Å². The minimum absolute atomic E-state index is 0. The molecule has 7 heteroatoms. The molecule has 1 spiro atoms. The van der Waals surface area contributed by atoms with E-state index in [9.17, 15) is 9.59 Å². The van der Waals surface area contributed by atoms with Crippen molar-refractivity contribution in [3.05, 3.63) is 0 Å². The van der Waals surface area contributed by atoms with Crippen LogP contribution in [0.2, 0.25) is 0 Å². The summed E-state index contributed by atoms with van der Waals surface area (Å²) in [5, 5.41) is 21.2. The average molecular weight is 265 g/mol. The summed E-state index contributed by atoms with van der Waals surface area (Å²) in [6.45, 7) is 2.06. The normalized spacial score (nSPS) is 26.6. The number of carboxylic acid groups (broad SMARTS) is 2. The zero-order chi connectivity index (χ0) is 11.8. The van der Waals surface area contributed by atoms with Crippen LogP contribution in [0.25, 0.3) is 0 Å². The number of hydrogen-bond donors (Lipinski definition) is 3. The van der Waals surface area contributed by atoms with Gasteiger partial charge in [-0.2, -0.15) is 0 Å². The van der Waals surface area contributed by atoms with Gasteiger partial charge < -0.3 is 15.5 Å². The Hall–Kier alpha value is -1.01. The van der Waals surface area contributed by atoms with Gasteiger partial charge in [0.15, 0.2) is 0 Å². The molecule has 0 aromatic carbocycles. The Morgan fingerprint density at radius 2 is 1.82 bits per heavy atom. The van der Waals surface area contributed by atoms with Crippen LogP contribution < -0.4 is 5.32 Å². The Balaban J connectivity index is 0.00000144. The van der Waals surface area contributed by atoms with Gasteiger partial charge in [0.25, 0.3) is 0 Å². The van der Waals surface area contributed by atoms with Gasteiger partial charge in [-0.05, 0) is 37.8 Å². The van der Waals surface area contributed by atoms with Gasteiger partial charge in [0.1, 0.15) is 6.04 Å². The SMILES string of the molecule is Cl.O=C(O)[C@@H]1CC2(CCNCC2)CN1C(=O)O. The lowest BCUT2D eigenvalue weighted by atomic mass is 9.77. The van der Waals surface area contributed by atoms with Gasteiger partial charge in [-0.15, -0.1) is 12.4 Å². The summed E-state index contributed by atoms with van der Waals surface area (Å²) >= 11 is 0. The molecule has 17 heavy (non-hydrogen) atoms. The fraction of sp³-hybridized carbons (Fsp3) is 0.800. The molecule has 0 bridgehead atoms. The molecular formula is C10H17ClN2O4. The number of piperidine rings is 1. The van der Waals surface area contributed by atoms with Crippen molar-refractivity contribution in [3.8, 4) is 0 Å². The van der Waals surface area contributed by atoms with Crippen molar-refractivity contribution in [3.63, 3.8) is 0 Å². The number of rotatable bonds is 1. The molecule has 1 atom stereocenters. The van der Waals surface area contributed by atoms with Crippen molar-refractivity contribution in [1.82, 2.24) is 10.2 Å². The van der Waals surface area contributed by atoms with E-state index >= 15 is 0 Å². The van der Waals surface area contributed by atoms with Crippen LogP contribution in [0, 0.1) is 5.41 Å². The van der Waals surface area contributed by atoms with Gasteiger partial charge in [-0.3, -0.25) is 4.90 Å². The molecule has 1 amide bonds. The number of nitrogens with zero attached hydrogens (tertiary/aromatic N) is 1. The quantitative estimate of drug-likeness (QED) is 0.646. The fourth-order valence-electron chi connectivity index (χ4n) is 2.80. The van der Waals surface area contributed by atoms with Crippen LogP contribution in [0.4, 0.5) is 4.79 Å². The van der Waals surface area contributed by atoms with Crippen LogP contribution in [0.5, 0.6) is 0 Å². The number of aliphatic carboxylic acids is 1. The molecule has 98 valence electrons. The molecular weight excluding hydrogens is 248 g/mol. The second-order valence-corrected chi connectivity index (χ2v) is 4.72. The molecule has 2 heterocycles. The van der Waals surface area contributed by atoms with E-state index in [-0.39, 0.29) is 17.8 Å². The summed E-state index contributed by atoms with van der Waals surface area (Å²) < 4.78 is 0. The van der Waals surface area contributed by atoms with Crippen molar-refractivity contribution in [2.75, 3.05) is 19.6 Å². The van der Waals surface area contributed by atoms with Crippen molar-refractivity contribution in [2.24, 2.45) is 5.41 Å². The van der Waals surface area contributed by atoms with E-state index in [4.69, 9.17) is 10.2 Å². The second-order valence-electron chi connectivity index (χ2n) is 4.72. The Morgan fingerprint density at radius 3 is 2.24 bits per heavy atom. The molecule has 0 aromatic rings. The molecule has 2 saturated heterocycles. The predicted molar refractivity (Wildman–Crippen MR) is 62.6 cm³/mol. The van der Waals surface area contributed by atoms with Crippen molar-refractivity contribution in [2.45, 2.75) is 25.3 Å². The van der Waals surface area contributed by atoms with Crippen LogP contribution in [-0.2, 0) is 4.79 Å². The molecule has 2 aliphatic heterocycles. The highest BCUT2D eigenvalue weighted by atomic mass is 35.5. The summed E-state index contributed by atoms with van der Waals surface area (Å²) in [4.78, 5) is 23.1. The lowest BCUT2D eigenvalue weighted by Gasteiger charge is -2.33. The Kier molecular flexibility index (Phi) is 4.21. The lowest BCUT2D eigenvalue weighted by Crippen LogP contribution is -2.41. The smallest absolute Gasteiger partial charge is 0.408 e. The minimum atomic E-state index is -1.12. The third-order valence-corrected chi connectivity index (χ3v) is 3.70. The third kappa shape index (κ3) is 2.63. The summed E-state index contributed by atoms with van der Waals surface area (Å²) in [7, 11) is 0. The Morgan fingerprint density at radius 1 is 1.24 bits per heavy atom. The summed E-state index contributed by atoms with van der Waals surface area (Å²) in [5.74, 6) is -1.03. The highest BCUT2D eigenvalue weighted by molar-refractivity contribution is 5.85. The minimum Gasteiger partial charge on any atom is -0.480 e. The molecule has 2 aliphatic rings. The number of likely N-dealkylation sites (tertiary alicyclic amines) is 1. The Labute approximate surface area is 105 Å². The molecule has 0 saturated carbocycles. The van der Waals surface area contributed by atoms with E-state index in [1.807, 2.05) is 0 Å². The largest absolute Gasteiger partial charge is 0.480 e. The van der Waals surface area contributed by atoms with Crippen molar-refractivity contribution < 1.29 is 19.8 Å². The molecule has 6 nitrogen and oxygen atoms in total. The first kappa shape index (κ1) is 14.1. The monoisotopic (exact) mass is 264 g/mol. The maximum atomic E-state index is 11.0. The molecule has 3 N–H and O–H groups in total. The van der Waals surface area contributed by atoms with E-state index in [1.165, 1.54) is 0 Å². The van der Waals surface area contributed by atoms with Crippen LogP contribution >= 0.6 is 12.4 Å². The number of hydrogen-bond acceptors (Lipinski definition) is 3. The number of halogens is 1. The summed E-state index contributed by atoms with van der Waals surface area (Å²) in [5.41, 5.74) is -0.118. The maximum Gasteiger partial charge on any atom is 0.408 e. The first-order valence-corrected chi connectivity index (χ1v) is 5.47. The summed E-state index contributed by atoms with van der Waals surface area (Å²) in [6.07, 6.45) is 1.06. The van der Waals surface area contributed by atoms with Gasteiger partial charge in [-0.25, -0.2) is 9.59 Å². The van der Waals surface area contributed by atoms with E-state index in [0.29, 0.717) is 13.0 Å². The lowest BCUT2D eigenvalue weighted by molar-refractivity contribution is -0.141. The third-order valence-electron chi connectivity index (χ3n) is 3.70. The first-order chi connectivity index (χ1) is 7.54. The second kappa shape index (κ2) is 5.10. The molecule has 2 rings (SSSR count). The van der Waals surface area contributed by atoms with Crippen LogP contribution in [-0.4, -0.2) is 52.9 Å². The fourth-order valence-corrected chi connectivity index (χ4v) is 2.80. The number of amides is 1.